The number of carbonyl (C=O) groups is 1. The fourth-order valence-electron chi connectivity index (χ4n) is 1.55. The summed E-state index contributed by atoms with van der Waals surface area (Å²) in [6.45, 7) is 0.121. The van der Waals surface area contributed by atoms with Gasteiger partial charge in [0.2, 0.25) is 0 Å². The third kappa shape index (κ3) is 2.27. The summed E-state index contributed by atoms with van der Waals surface area (Å²) in [4.78, 5) is 11.0. The van der Waals surface area contributed by atoms with E-state index in [0.717, 1.165) is 4.47 Å². The smallest absolute Gasteiger partial charge is 0.358 e. The van der Waals surface area contributed by atoms with E-state index in [4.69, 9.17) is 9.84 Å². The maximum atomic E-state index is 11.0. The number of halogens is 1. The van der Waals surface area contributed by atoms with Crippen LogP contribution in [0.4, 0.5) is 0 Å². The normalized spacial score (nSPS) is 10.6. The average molecular weight is 312 g/mol. The molecule has 1 N–H and O–H groups in total. The number of carboxylic acid groups (broad SMARTS) is 1. The number of carboxylic acids is 1. The largest absolute Gasteiger partial charge is 0.476 e. The van der Waals surface area contributed by atoms with Gasteiger partial charge in [0.05, 0.1) is 12.3 Å². The fraction of sp³-hybridized carbons (Fsp3) is 0.182. The molecule has 0 saturated heterocycles. The van der Waals surface area contributed by atoms with Crippen molar-refractivity contribution in [1.29, 1.82) is 0 Å². The molecule has 2 aromatic rings. The van der Waals surface area contributed by atoms with E-state index < -0.39 is 5.97 Å². The molecule has 0 fully saturated rings. The molecule has 0 atom stereocenters. The van der Waals surface area contributed by atoms with E-state index in [0.29, 0.717) is 11.4 Å². The molecular weight excluding hydrogens is 302 g/mol. The molecular formula is C11H10BrN3O3. The van der Waals surface area contributed by atoms with Crippen molar-refractivity contribution in [2.24, 2.45) is 0 Å². The van der Waals surface area contributed by atoms with Gasteiger partial charge in [-0.25, -0.2) is 9.48 Å². The standard InChI is InChI=1S/C11H10BrN3O3/c1-18-6-9-10(11(16)17)13-14-15(9)8-5-3-2-4-7(8)12/h2-5H,6H2,1H3,(H,16,17). The van der Waals surface area contributed by atoms with Gasteiger partial charge < -0.3 is 9.84 Å². The van der Waals surface area contributed by atoms with Crippen LogP contribution in [0.5, 0.6) is 0 Å². The van der Waals surface area contributed by atoms with Crippen LogP contribution in [0.25, 0.3) is 5.69 Å². The molecule has 2 rings (SSSR count). The predicted octanol–water partition coefficient (Wildman–Crippen LogP) is 1.87. The van der Waals surface area contributed by atoms with E-state index in [1.165, 1.54) is 11.8 Å². The molecule has 6 nitrogen and oxygen atoms in total. The van der Waals surface area contributed by atoms with E-state index >= 15 is 0 Å². The Hall–Kier alpha value is -1.73. The van der Waals surface area contributed by atoms with Gasteiger partial charge in [0, 0.05) is 11.6 Å². The average Bonchev–Trinajstić information content (AvgIpc) is 2.74. The lowest BCUT2D eigenvalue weighted by Gasteiger charge is -2.07. The molecule has 1 heterocycles. The lowest BCUT2D eigenvalue weighted by Crippen LogP contribution is -2.08. The van der Waals surface area contributed by atoms with Gasteiger partial charge in [-0.15, -0.1) is 5.10 Å². The molecule has 0 aliphatic carbocycles. The summed E-state index contributed by atoms with van der Waals surface area (Å²) in [6, 6.07) is 7.34. The molecule has 0 aliphatic rings. The predicted molar refractivity (Wildman–Crippen MR) is 66.7 cm³/mol. The maximum Gasteiger partial charge on any atom is 0.358 e. The summed E-state index contributed by atoms with van der Waals surface area (Å²) in [5.74, 6) is -1.12. The van der Waals surface area contributed by atoms with Gasteiger partial charge in [0.15, 0.2) is 5.69 Å². The van der Waals surface area contributed by atoms with E-state index in [9.17, 15) is 4.79 Å². The number of nitrogens with zero attached hydrogens (tertiary/aromatic N) is 3. The Labute approximate surface area is 111 Å². The monoisotopic (exact) mass is 311 g/mol. The second-order valence-electron chi connectivity index (χ2n) is 3.49. The third-order valence-electron chi connectivity index (χ3n) is 2.33. The van der Waals surface area contributed by atoms with Crippen molar-refractivity contribution in [2.75, 3.05) is 7.11 Å². The molecule has 0 saturated carbocycles. The second kappa shape index (κ2) is 5.28. The SMILES string of the molecule is COCc1c(C(=O)O)nnn1-c1ccccc1Br. The highest BCUT2D eigenvalue weighted by molar-refractivity contribution is 9.10. The zero-order chi connectivity index (χ0) is 13.1. The first-order valence-electron chi connectivity index (χ1n) is 5.07. The number of para-hydroxylation sites is 1. The van der Waals surface area contributed by atoms with E-state index in [1.807, 2.05) is 24.3 Å². The lowest BCUT2D eigenvalue weighted by molar-refractivity contribution is 0.0685. The van der Waals surface area contributed by atoms with E-state index in [-0.39, 0.29) is 12.3 Å². The number of benzene rings is 1. The Morgan fingerprint density at radius 2 is 2.22 bits per heavy atom. The minimum atomic E-state index is -1.12. The number of aromatic nitrogens is 3. The Bertz CT molecular complexity index is 583. The molecule has 0 amide bonds. The Balaban J connectivity index is 2.58. The second-order valence-corrected chi connectivity index (χ2v) is 4.34. The highest BCUT2D eigenvalue weighted by atomic mass is 79.9. The zero-order valence-corrected chi connectivity index (χ0v) is 11.1. The highest BCUT2D eigenvalue weighted by Gasteiger charge is 2.20. The summed E-state index contributed by atoms with van der Waals surface area (Å²) in [5.41, 5.74) is 1.01. The van der Waals surface area contributed by atoms with Crippen LogP contribution in [-0.4, -0.2) is 33.2 Å². The fourth-order valence-corrected chi connectivity index (χ4v) is 2.00. The van der Waals surface area contributed by atoms with Crippen molar-refractivity contribution in [3.05, 3.63) is 40.1 Å². The summed E-state index contributed by atoms with van der Waals surface area (Å²) in [7, 11) is 1.49. The number of rotatable bonds is 4. The topological polar surface area (TPSA) is 77.2 Å². The lowest BCUT2D eigenvalue weighted by atomic mass is 10.3. The van der Waals surface area contributed by atoms with Crippen LogP contribution in [0.3, 0.4) is 0 Å². The van der Waals surface area contributed by atoms with E-state index in [1.54, 1.807) is 0 Å². The van der Waals surface area contributed by atoms with Crippen molar-refractivity contribution in [3.8, 4) is 5.69 Å². The minimum absolute atomic E-state index is 0.104. The molecule has 0 aliphatic heterocycles. The van der Waals surface area contributed by atoms with Gasteiger partial charge in [-0.3, -0.25) is 0 Å². The summed E-state index contributed by atoms with van der Waals surface area (Å²) < 4.78 is 7.25. The molecule has 7 heteroatoms. The van der Waals surface area contributed by atoms with Crippen molar-refractivity contribution in [1.82, 2.24) is 15.0 Å². The van der Waals surface area contributed by atoms with Crippen LogP contribution in [-0.2, 0) is 11.3 Å². The molecule has 1 aromatic carbocycles. The highest BCUT2D eigenvalue weighted by Crippen LogP contribution is 2.22. The van der Waals surface area contributed by atoms with Gasteiger partial charge in [0.25, 0.3) is 0 Å². The Kier molecular flexibility index (Phi) is 3.73. The van der Waals surface area contributed by atoms with E-state index in [2.05, 4.69) is 26.2 Å². The van der Waals surface area contributed by atoms with Gasteiger partial charge in [-0.2, -0.15) is 0 Å². The third-order valence-corrected chi connectivity index (χ3v) is 3.00. The molecule has 18 heavy (non-hydrogen) atoms. The molecule has 1 aromatic heterocycles. The van der Waals surface area contributed by atoms with Crippen LogP contribution in [0.2, 0.25) is 0 Å². The number of ether oxygens (including phenoxy) is 1. The van der Waals surface area contributed by atoms with Gasteiger partial charge in [-0.05, 0) is 28.1 Å². The first-order chi connectivity index (χ1) is 8.65. The molecule has 0 spiro atoms. The first-order valence-corrected chi connectivity index (χ1v) is 5.86. The molecule has 0 radical (unpaired) electrons. The Morgan fingerprint density at radius 1 is 1.50 bits per heavy atom. The van der Waals surface area contributed by atoms with Crippen LogP contribution in [0, 0.1) is 0 Å². The van der Waals surface area contributed by atoms with Gasteiger partial charge in [0.1, 0.15) is 5.69 Å². The molecule has 0 unspecified atom stereocenters. The van der Waals surface area contributed by atoms with Gasteiger partial charge >= 0.3 is 5.97 Å². The minimum Gasteiger partial charge on any atom is -0.476 e. The Morgan fingerprint density at radius 3 is 2.83 bits per heavy atom. The van der Waals surface area contributed by atoms with Crippen molar-refractivity contribution in [2.45, 2.75) is 6.61 Å². The van der Waals surface area contributed by atoms with Gasteiger partial charge in [-0.1, -0.05) is 17.3 Å². The first kappa shape index (κ1) is 12.7. The number of hydrogen-bond donors (Lipinski definition) is 1. The van der Waals surface area contributed by atoms with Crippen molar-refractivity contribution in [3.63, 3.8) is 0 Å². The van der Waals surface area contributed by atoms with Crippen LogP contribution >= 0.6 is 15.9 Å². The molecule has 94 valence electrons. The van der Waals surface area contributed by atoms with Crippen LogP contribution in [0.15, 0.2) is 28.7 Å². The number of aromatic carboxylic acids is 1. The quantitative estimate of drug-likeness (QED) is 0.932. The molecule has 0 bridgehead atoms. The van der Waals surface area contributed by atoms with Crippen molar-refractivity contribution < 1.29 is 14.6 Å². The number of hydrogen-bond acceptors (Lipinski definition) is 4. The van der Waals surface area contributed by atoms with Crippen LogP contribution < -0.4 is 0 Å². The summed E-state index contributed by atoms with van der Waals surface area (Å²) >= 11 is 3.39. The van der Waals surface area contributed by atoms with Crippen LogP contribution in [0.1, 0.15) is 16.2 Å². The number of methoxy groups -OCH3 is 1. The zero-order valence-electron chi connectivity index (χ0n) is 9.50. The maximum absolute atomic E-state index is 11.0. The van der Waals surface area contributed by atoms with Crippen molar-refractivity contribution >= 4 is 21.9 Å². The summed E-state index contributed by atoms with van der Waals surface area (Å²) in [5, 5.41) is 16.6. The summed E-state index contributed by atoms with van der Waals surface area (Å²) in [6.07, 6.45) is 0.